The van der Waals surface area contributed by atoms with E-state index in [4.69, 9.17) is 17.4 Å². The SMILES string of the molecule is NNC(=O)Sc1cccc(Cl)c1. The normalized spacial score (nSPS) is 9.50. The number of halogens is 1. The molecule has 0 spiro atoms. The van der Waals surface area contributed by atoms with Crippen LogP contribution in [0.5, 0.6) is 0 Å². The quantitative estimate of drug-likeness (QED) is 0.317. The summed E-state index contributed by atoms with van der Waals surface area (Å²) in [4.78, 5) is 11.5. The highest BCUT2D eigenvalue weighted by Gasteiger charge is 2.01. The van der Waals surface area contributed by atoms with Crippen molar-refractivity contribution < 1.29 is 4.79 Å². The lowest BCUT2D eigenvalue weighted by molar-refractivity contribution is 0.261. The molecule has 12 heavy (non-hydrogen) atoms. The Balaban J connectivity index is 2.69. The molecular formula is C7H7ClN2OS. The second-order valence-electron chi connectivity index (χ2n) is 1.99. The van der Waals surface area contributed by atoms with Crippen molar-refractivity contribution in [2.75, 3.05) is 0 Å². The Hall–Kier alpha value is -0.710. The molecular weight excluding hydrogens is 196 g/mol. The van der Waals surface area contributed by atoms with Gasteiger partial charge in [0.1, 0.15) is 0 Å². The van der Waals surface area contributed by atoms with Crippen molar-refractivity contribution in [3.63, 3.8) is 0 Å². The zero-order valence-electron chi connectivity index (χ0n) is 6.08. The number of nitrogens with two attached hydrogens (primary N) is 1. The maximum Gasteiger partial charge on any atom is 0.297 e. The Bertz CT molecular complexity index is 292. The van der Waals surface area contributed by atoms with Crippen LogP contribution in [0.2, 0.25) is 5.02 Å². The zero-order valence-corrected chi connectivity index (χ0v) is 7.65. The lowest BCUT2D eigenvalue weighted by Gasteiger charge is -1.98. The molecule has 1 rings (SSSR count). The van der Waals surface area contributed by atoms with Crippen LogP contribution in [0.4, 0.5) is 4.79 Å². The molecule has 0 atom stereocenters. The minimum absolute atomic E-state index is 0.308. The average Bonchev–Trinajstić information content (AvgIpc) is 2.04. The highest BCUT2D eigenvalue weighted by molar-refractivity contribution is 8.13. The highest BCUT2D eigenvalue weighted by Crippen LogP contribution is 2.21. The van der Waals surface area contributed by atoms with Crippen LogP contribution in [0.3, 0.4) is 0 Å². The van der Waals surface area contributed by atoms with Crippen LogP contribution in [0.15, 0.2) is 29.2 Å². The molecule has 1 aromatic rings. The van der Waals surface area contributed by atoms with Crippen LogP contribution in [0, 0.1) is 0 Å². The van der Waals surface area contributed by atoms with Gasteiger partial charge in [-0.05, 0) is 30.0 Å². The van der Waals surface area contributed by atoms with E-state index in [2.05, 4.69) is 0 Å². The van der Waals surface area contributed by atoms with Crippen LogP contribution >= 0.6 is 23.4 Å². The lowest BCUT2D eigenvalue weighted by Crippen LogP contribution is -2.25. The Labute approximate surface area is 79.2 Å². The van der Waals surface area contributed by atoms with E-state index in [9.17, 15) is 4.79 Å². The first-order valence-electron chi connectivity index (χ1n) is 3.16. The maximum atomic E-state index is 10.8. The summed E-state index contributed by atoms with van der Waals surface area (Å²) in [6.45, 7) is 0. The molecule has 3 nitrogen and oxygen atoms in total. The van der Waals surface area contributed by atoms with Gasteiger partial charge in [-0.3, -0.25) is 10.2 Å². The second kappa shape index (κ2) is 4.35. The fourth-order valence-corrected chi connectivity index (χ4v) is 1.53. The third-order valence-electron chi connectivity index (χ3n) is 1.12. The van der Waals surface area contributed by atoms with Crippen LogP contribution in [0.25, 0.3) is 0 Å². The monoisotopic (exact) mass is 202 g/mol. The molecule has 0 fully saturated rings. The van der Waals surface area contributed by atoms with Gasteiger partial charge in [0.25, 0.3) is 5.24 Å². The van der Waals surface area contributed by atoms with Gasteiger partial charge in [0.05, 0.1) is 0 Å². The van der Waals surface area contributed by atoms with Crippen LogP contribution in [-0.2, 0) is 0 Å². The number of carbonyl (C=O) groups is 1. The van der Waals surface area contributed by atoms with Crippen molar-refractivity contribution in [2.24, 2.45) is 5.84 Å². The molecule has 0 aliphatic rings. The Morgan fingerprint density at radius 2 is 2.33 bits per heavy atom. The number of rotatable bonds is 1. The van der Waals surface area contributed by atoms with Crippen molar-refractivity contribution in [3.8, 4) is 0 Å². The van der Waals surface area contributed by atoms with Gasteiger partial charge in [0, 0.05) is 9.92 Å². The number of hydrazine groups is 1. The highest BCUT2D eigenvalue weighted by atomic mass is 35.5. The minimum Gasteiger partial charge on any atom is -0.285 e. The van der Waals surface area contributed by atoms with Crippen LogP contribution in [0.1, 0.15) is 0 Å². The summed E-state index contributed by atoms with van der Waals surface area (Å²) in [6, 6.07) is 6.99. The van der Waals surface area contributed by atoms with Crippen molar-refractivity contribution in [3.05, 3.63) is 29.3 Å². The third kappa shape index (κ3) is 2.73. The van der Waals surface area contributed by atoms with E-state index in [0.29, 0.717) is 5.02 Å². The molecule has 0 unspecified atom stereocenters. The standard InChI is InChI=1S/C7H7ClN2OS/c8-5-2-1-3-6(4-5)12-7(11)10-9/h1-4H,9H2,(H,10,11). The molecule has 0 heterocycles. The van der Waals surface area contributed by atoms with Crippen LogP contribution < -0.4 is 11.3 Å². The summed E-state index contributed by atoms with van der Waals surface area (Å²) in [5.41, 5.74) is 2.01. The van der Waals surface area contributed by atoms with Gasteiger partial charge in [-0.25, -0.2) is 5.84 Å². The van der Waals surface area contributed by atoms with Crippen LogP contribution in [-0.4, -0.2) is 5.24 Å². The van der Waals surface area contributed by atoms with Gasteiger partial charge in [-0.1, -0.05) is 17.7 Å². The fourth-order valence-electron chi connectivity index (χ4n) is 0.667. The first kappa shape index (κ1) is 9.38. The molecule has 0 saturated heterocycles. The van der Waals surface area contributed by atoms with Crippen molar-refractivity contribution >= 4 is 28.6 Å². The van der Waals surface area contributed by atoms with Gasteiger partial charge in [-0.15, -0.1) is 0 Å². The zero-order chi connectivity index (χ0) is 8.97. The molecule has 5 heteroatoms. The first-order chi connectivity index (χ1) is 5.72. The molecule has 0 radical (unpaired) electrons. The summed E-state index contributed by atoms with van der Waals surface area (Å²) in [6.07, 6.45) is 0. The number of amides is 1. The van der Waals surface area contributed by atoms with E-state index in [-0.39, 0.29) is 5.24 Å². The number of hydrogen-bond donors (Lipinski definition) is 2. The van der Waals surface area contributed by atoms with E-state index in [1.807, 2.05) is 5.43 Å². The predicted octanol–water partition coefficient (Wildman–Crippen LogP) is 2.02. The number of thioether (sulfide) groups is 1. The molecule has 0 aliphatic heterocycles. The number of nitrogens with one attached hydrogen (secondary N) is 1. The number of carbonyl (C=O) groups excluding carboxylic acids is 1. The summed E-state index contributed by atoms with van der Waals surface area (Å²) in [5.74, 6) is 4.90. The van der Waals surface area contributed by atoms with Gasteiger partial charge in [0.15, 0.2) is 0 Å². The Kier molecular flexibility index (Phi) is 3.40. The summed E-state index contributed by atoms with van der Waals surface area (Å²) in [5, 5.41) is 0.294. The minimum atomic E-state index is -0.308. The van der Waals surface area contributed by atoms with Gasteiger partial charge in [0.2, 0.25) is 0 Å². The largest absolute Gasteiger partial charge is 0.297 e. The molecule has 1 aromatic carbocycles. The Morgan fingerprint density at radius 1 is 1.58 bits per heavy atom. The summed E-state index contributed by atoms with van der Waals surface area (Å²) in [7, 11) is 0. The lowest BCUT2D eigenvalue weighted by atomic mass is 10.4. The molecule has 0 bridgehead atoms. The molecule has 64 valence electrons. The van der Waals surface area contributed by atoms with Gasteiger partial charge in [-0.2, -0.15) is 0 Å². The topological polar surface area (TPSA) is 55.1 Å². The van der Waals surface area contributed by atoms with Crippen molar-refractivity contribution in [1.82, 2.24) is 5.43 Å². The van der Waals surface area contributed by atoms with E-state index in [0.717, 1.165) is 16.7 Å². The molecule has 1 amide bonds. The predicted molar refractivity (Wildman–Crippen MR) is 50.0 cm³/mol. The Morgan fingerprint density at radius 3 is 2.92 bits per heavy atom. The summed E-state index contributed by atoms with van der Waals surface area (Å²) < 4.78 is 0. The molecule has 0 aromatic heterocycles. The summed E-state index contributed by atoms with van der Waals surface area (Å²) >= 11 is 6.69. The first-order valence-corrected chi connectivity index (χ1v) is 4.36. The van der Waals surface area contributed by atoms with Gasteiger partial charge < -0.3 is 0 Å². The third-order valence-corrected chi connectivity index (χ3v) is 2.15. The van der Waals surface area contributed by atoms with E-state index in [1.165, 1.54) is 0 Å². The number of benzene rings is 1. The molecule has 0 saturated carbocycles. The molecule has 3 N–H and O–H groups in total. The smallest absolute Gasteiger partial charge is 0.285 e. The second-order valence-corrected chi connectivity index (χ2v) is 3.47. The van der Waals surface area contributed by atoms with Gasteiger partial charge >= 0.3 is 0 Å². The van der Waals surface area contributed by atoms with E-state index < -0.39 is 0 Å². The average molecular weight is 203 g/mol. The van der Waals surface area contributed by atoms with Crippen molar-refractivity contribution in [1.29, 1.82) is 0 Å². The maximum absolute atomic E-state index is 10.8. The van der Waals surface area contributed by atoms with Crippen molar-refractivity contribution in [2.45, 2.75) is 4.90 Å². The van der Waals surface area contributed by atoms with E-state index >= 15 is 0 Å². The molecule has 0 aliphatic carbocycles. The fraction of sp³-hybridized carbons (Fsp3) is 0. The number of hydrogen-bond acceptors (Lipinski definition) is 3. The van der Waals surface area contributed by atoms with E-state index in [1.54, 1.807) is 24.3 Å².